The summed E-state index contributed by atoms with van der Waals surface area (Å²) in [6.07, 6.45) is -2.10. The van der Waals surface area contributed by atoms with Crippen molar-refractivity contribution in [3.8, 4) is 0 Å². The first kappa shape index (κ1) is 21.7. The fraction of sp³-hybridized carbons (Fsp3) is 0.450. The van der Waals surface area contributed by atoms with E-state index >= 15 is 0 Å². The Morgan fingerprint density at radius 3 is 2.60 bits per heavy atom. The summed E-state index contributed by atoms with van der Waals surface area (Å²) in [6, 6.07) is 9.38. The molecule has 0 bridgehead atoms. The summed E-state index contributed by atoms with van der Waals surface area (Å²) in [5.74, 6) is 0.218. The molecule has 7 nitrogen and oxygen atoms in total. The van der Waals surface area contributed by atoms with E-state index in [0.29, 0.717) is 12.2 Å². The van der Waals surface area contributed by atoms with E-state index in [1.807, 2.05) is 18.2 Å². The Bertz CT molecular complexity index is 859. The second kappa shape index (κ2) is 9.19. The van der Waals surface area contributed by atoms with Crippen LogP contribution < -0.4 is 20.4 Å². The molecule has 1 atom stereocenters. The second-order valence-electron chi connectivity index (χ2n) is 7.35. The molecule has 162 valence electrons. The molecule has 10 heteroatoms. The minimum atomic E-state index is -4.57. The maximum Gasteiger partial charge on any atom is 0.433 e. The number of piperidine rings is 1. The van der Waals surface area contributed by atoms with E-state index in [2.05, 4.69) is 20.6 Å². The van der Waals surface area contributed by atoms with Crippen LogP contribution in [0.2, 0.25) is 0 Å². The van der Waals surface area contributed by atoms with Gasteiger partial charge in [-0.05, 0) is 31.4 Å². The average molecular weight is 422 g/mol. The van der Waals surface area contributed by atoms with Gasteiger partial charge in [0.2, 0.25) is 5.95 Å². The van der Waals surface area contributed by atoms with E-state index in [0.717, 1.165) is 25.3 Å². The summed E-state index contributed by atoms with van der Waals surface area (Å²) in [5, 5.41) is 5.54. The van der Waals surface area contributed by atoms with Crippen LogP contribution in [-0.2, 0) is 6.18 Å². The number of nitrogens with one attached hydrogen (secondary N) is 2. The number of aromatic nitrogens is 2. The number of rotatable bonds is 5. The van der Waals surface area contributed by atoms with Crippen LogP contribution in [0.3, 0.4) is 0 Å². The summed E-state index contributed by atoms with van der Waals surface area (Å²) < 4.78 is 40.0. The maximum absolute atomic E-state index is 13.3. The Morgan fingerprint density at radius 2 is 1.93 bits per heavy atom. The number of carbonyl (C=O) groups excluding carboxylic acids is 1. The predicted molar refractivity (Wildman–Crippen MR) is 110 cm³/mol. The SMILES string of the molecule is CN(C)c1cc(C(F)(F)F)nc(N2CCCCC2CNC(=O)Nc2ccccc2)n1. The fourth-order valence-corrected chi connectivity index (χ4v) is 3.31. The summed E-state index contributed by atoms with van der Waals surface area (Å²) in [7, 11) is 3.27. The van der Waals surface area contributed by atoms with Crippen molar-refractivity contribution in [1.29, 1.82) is 0 Å². The molecule has 2 aromatic rings. The minimum Gasteiger partial charge on any atom is -0.363 e. The standard InChI is InChI=1S/C20H25F3N6O/c1-28(2)17-12-16(20(21,22)23)26-18(27-17)29-11-7-6-10-15(29)13-24-19(30)25-14-8-4-3-5-9-14/h3-5,8-9,12,15H,6-7,10-11,13H2,1-2H3,(H2,24,25,30). The molecule has 2 N–H and O–H groups in total. The minimum absolute atomic E-state index is 0.0310. The van der Waals surface area contributed by atoms with Gasteiger partial charge in [0.15, 0.2) is 5.69 Å². The first-order chi connectivity index (χ1) is 14.2. The molecule has 2 heterocycles. The van der Waals surface area contributed by atoms with E-state index in [1.165, 1.54) is 4.90 Å². The molecule has 1 aliphatic rings. The highest BCUT2D eigenvalue weighted by Gasteiger charge is 2.35. The van der Waals surface area contributed by atoms with Crippen molar-refractivity contribution in [2.24, 2.45) is 0 Å². The van der Waals surface area contributed by atoms with Gasteiger partial charge in [0.05, 0.1) is 0 Å². The van der Waals surface area contributed by atoms with Crippen LogP contribution >= 0.6 is 0 Å². The van der Waals surface area contributed by atoms with Crippen LogP contribution in [0.15, 0.2) is 36.4 Å². The molecule has 1 fully saturated rings. The molecule has 1 aromatic heterocycles. The lowest BCUT2D eigenvalue weighted by Gasteiger charge is -2.36. The third-order valence-corrected chi connectivity index (χ3v) is 4.86. The number of benzene rings is 1. The highest BCUT2D eigenvalue weighted by molar-refractivity contribution is 5.89. The monoisotopic (exact) mass is 422 g/mol. The van der Waals surface area contributed by atoms with Gasteiger partial charge in [0, 0.05) is 45.0 Å². The molecule has 0 spiro atoms. The van der Waals surface area contributed by atoms with Gasteiger partial charge in [-0.15, -0.1) is 0 Å². The zero-order valence-electron chi connectivity index (χ0n) is 16.9. The molecule has 0 aliphatic carbocycles. The summed E-state index contributed by atoms with van der Waals surface area (Å²) >= 11 is 0. The molecule has 0 saturated carbocycles. The quantitative estimate of drug-likeness (QED) is 0.768. The third kappa shape index (κ3) is 5.52. The number of carbonyl (C=O) groups is 1. The topological polar surface area (TPSA) is 73.4 Å². The lowest BCUT2D eigenvalue weighted by atomic mass is 10.0. The number of hydrogen-bond donors (Lipinski definition) is 2. The van der Waals surface area contributed by atoms with Crippen LogP contribution in [0.25, 0.3) is 0 Å². The van der Waals surface area contributed by atoms with Gasteiger partial charge in [-0.1, -0.05) is 18.2 Å². The molecule has 1 aliphatic heterocycles. The third-order valence-electron chi connectivity index (χ3n) is 4.86. The van der Waals surface area contributed by atoms with Crippen LogP contribution in [0.5, 0.6) is 0 Å². The van der Waals surface area contributed by atoms with Crippen LogP contribution in [0.1, 0.15) is 25.0 Å². The number of hydrogen-bond acceptors (Lipinski definition) is 5. The molecule has 30 heavy (non-hydrogen) atoms. The molecule has 1 aromatic carbocycles. The number of anilines is 3. The van der Waals surface area contributed by atoms with Gasteiger partial charge in [0.1, 0.15) is 5.82 Å². The van der Waals surface area contributed by atoms with Gasteiger partial charge >= 0.3 is 12.2 Å². The Balaban J connectivity index is 1.75. The first-order valence-electron chi connectivity index (χ1n) is 9.74. The van der Waals surface area contributed by atoms with E-state index in [4.69, 9.17) is 0 Å². The first-order valence-corrected chi connectivity index (χ1v) is 9.74. The van der Waals surface area contributed by atoms with Gasteiger partial charge < -0.3 is 20.4 Å². The average Bonchev–Trinajstić information content (AvgIpc) is 2.72. The highest BCUT2D eigenvalue weighted by atomic mass is 19.4. The normalized spacial score (nSPS) is 16.8. The number of para-hydroxylation sites is 1. The molecule has 3 rings (SSSR count). The lowest BCUT2D eigenvalue weighted by Crippen LogP contribution is -2.48. The van der Waals surface area contributed by atoms with Crippen molar-refractivity contribution in [3.05, 3.63) is 42.1 Å². The fourth-order valence-electron chi connectivity index (χ4n) is 3.31. The predicted octanol–water partition coefficient (Wildman–Crippen LogP) is 3.74. The Hall–Kier alpha value is -3.04. The number of amides is 2. The summed E-state index contributed by atoms with van der Waals surface area (Å²) in [4.78, 5) is 23.6. The molecule has 1 saturated heterocycles. The van der Waals surface area contributed by atoms with Crippen LogP contribution in [0.4, 0.5) is 35.4 Å². The van der Waals surface area contributed by atoms with Gasteiger partial charge in [-0.2, -0.15) is 18.2 Å². The smallest absolute Gasteiger partial charge is 0.363 e. The second-order valence-corrected chi connectivity index (χ2v) is 7.35. The van der Waals surface area contributed by atoms with E-state index in [9.17, 15) is 18.0 Å². The van der Waals surface area contributed by atoms with Crippen molar-refractivity contribution in [2.45, 2.75) is 31.5 Å². The van der Waals surface area contributed by atoms with Crippen molar-refractivity contribution in [1.82, 2.24) is 15.3 Å². The van der Waals surface area contributed by atoms with Crippen molar-refractivity contribution >= 4 is 23.5 Å². The van der Waals surface area contributed by atoms with Crippen molar-refractivity contribution in [3.63, 3.8) is 0 Å². The molecular weight excluding hydrogens is 397 g/mol. The summed E-state index contributed by atoms with van der Waals surface area (Å²) in [6.45, 7) is 0.802. The number of nitrogens with zero attached hydrogens (tertiary/aromatic N) is 4. The van der Waals surface area contributed by atoms with Crippen LogP contribution in [-0.4, -0.2) is 49.2 Å². The zero-order valence-corrected chi connectivity index (χ0v) is 16.9. The van der Waals surface area contributed by atoms with Crippen molar-refractivity contribution < 1.29 is 18.0 Å². The Kier molecular flexibility index (Phi) is 6.63. The lowest BCUT2D eigenvalue weighted by molar-refractivity contribution is -0.141. The zero-order chi connectivity index (χ0) is 21.7. The van der Waals surface area contributed by atoms with E-state index < -0.39 is 11.9 Å². The van der Waals surface area contributed by atoms with Gasteiger partial charge in [0.25, 0.3) is 0 Å². The molecule has 2 amide bonds. The van der Waals surface area contributed by atoms with Gasteiger partial charge in [-0.3, -0.25) is 0 Å². The summed E-state index contributed by atoms with van der Waals surface area (Å²) in [5.41, 5.74) is -0.317. The van der Waals surface area contributed by atoms with Crippen molar-refractivity contribution in [2.75, 3.05) is 42.3 Å². The molecular formula is C20H25F3N6O. The number of halogens is 3. The molecule has 1 unspecified atom stereocenters. The number of urea groups is 1. The highest BCUT2D eigenvalue weighted by Crippen LogP contribution is 2.32. The van der Waals surface area contributed by atoms with Gasteiger partial charge in [-0.25, -0.2) is 9.78 Å². The Labute approximate surface area is 173 Å². The maximum atomic E-state index is 13.3. The number of alkyl halides is 3. The Morgan fingerprint density at radius 1 is 1.20 bits per heavy atom. The van der Waals surface area contributed by atoms with Crippen LogP contribution in [0, 0.1) is 0 Å². The van der Waals surface area contributed by atoms with E-state index in [1.54, 1.807) is 31.1 Å². The molecule has 0 radical (unpaired) electrons. The largest absolute Gasteiger partial charge is 0.433 e. The van der Waals surface area contributed by atoms with E-state index in [-0.39, 0.29) is 30.4 Å².